The maximum atomic E-state index is 13.4. The predicted octanol–water partition coefficient (Wildman–Crippen LogP) is 4.74. The van der Waals surface area contributed by atoms with E-state index in [0.717, 1.165) is 16.6 Å². The Balaban J connectivity index is 1.74. The number of hydrogen-bond acceptors (Lipinski definition) is 5. The minimum Gasteiger partial charge on any atom is -0.438 e. The van der Waals surface area contributed by atoms with E-state index in [4.69, 9.17) is 4.74 Å². The molecule has 3 heterocycles. The second-order valence-corrected chi connectivity index (χ2v) is 7.21. The van der Waals surface area contributed by atoms with Crippen molar-refractivity contribution in [3.63, 3.8) is 0 Å². The third-order valence-electron chi connectivity index (χ3n) is 5.06. The molecule has 32 heavy (non-hydrogen) atoms. The van der Waals surface area contributed by atoms with Gasteiger partial charge in [-0.15, -0.1) is 0 Å². The van der Waals surface area contributed by atoms with Crippen LogP contribution in [0.4, 0.5) is 0 Å². The standard InChI is InChI=1S/C25H17N5O2/c1-16-8-7-13-30-23(16)29-24(32-18-9-3-2-4-10-18)19(25(30)31)14-17(15-26)22-27-20-11-5-6-12-21(20)28-22/h2-14H,1H3,(H,27,28)/b17-14+. The van der Waals surface area contributed by atoms with Crippen molar-refractivity contribution in [2.75, 3.05) is 0 Å². The van der Waals surface area contributed by atoms with E-state index in [0.29, 0.717) is 17.2 Å². The Morgan fingerprint density at radius 3 is 2.62 bits per heavy atom. The maximum absolute atomic E-state index is 13.4. The molecule has 0 unspecified atom stereocenters. The van der Waals surface area contributed by atoms with Crippen LogP contribution in [-0.4, -0.2) is 19.4 Å². The van der Waals surface area contributed by atoms with Gasteiger partial charge in [-0.3, -0.25) is 9.20 Å². The fourth-order valence-electron chi connectivity index (χ4n) is 3.47. The number of allylic oxidation sites excluding steroid dienone is 1. The van der Waals surface area contributed by atoms with Crippen LogP contribution in [0, 0.1) is 18.3 Å². The zero-order chi connectivity index (χ0) is 22.1. The summed E-state index contributed by atoms with van der Waals surface area (Å²) in [7, 11) is 0. The Morgan fingerprint density at radius 2 is 1.84 bits per heavy atom. The number of ether oxygens (including phenoxy) is 1. The number of para-hydroxylation sites is 3. The van der Waals surface area contributed by atoms with E-state index in [-0.39, 0.29) is 22.6 Å². The molecule has 0 aliphatic carbocycles. The highest BCUT2D eigenvalue weighted by molar-refractivity contribution is 5.91. The minimum absolute atomic E-state index is 0.124. The van der Waals surface area contributed by atoms with E-state index in [1.807, 2.05) is 55.5 Å². The molecular weight excluding hydrogens is 402 g/mol. The van der Waals surface area contributed by atoms with Crippen molar-refractivity contribution in [3.8, 4) is 17.7 Å². The molecule has 0 saturated heterocycles. The number of aromatic amines is 1. The molecule has 5 aromatic rings. The lowest BCUT2D eigenvalue weighted by molar-refractivity contribution is 0.461. The summed E-state index contributed by atoms with van der Waals surface area (Å²) in [6.45, 7) is 1.87. The number of aryl methyl sites for hydroxylation is 1. The summed E-state index contributed by atoms with van der Waals surface area (Å²) in [5.41, 5.74) is 2.87. The number of benzene rings is 2. The van der Waals surface area contributed by atoms with Crippen molar-refractivity contribution < 1.29 is 4.74 Å². The molecule has 0 aliphatic heterocycles. The van der Waals surface area contributed by atoms with Crippen LogP contribution in [0.3, 0.4) is 0 Å². The van der Waals surface area contributed by atoms with Crippen molar-refractivity contribution in [3.05, 3.63) is 100 Å². The van der Waals surface area contributed by atoms with Gasteiger partial charge in [-0.05, 0) is 48.9 Å². The summed E-state index contributed by atoms with van der Waals surface area (Å²) >= 11 is 0. The second kappa shape index (κ2) is 7.85. The number of nitrogens with zero attached hydrogens (tertiary/aromatic N) is 4. The molecule has 0 amide bonds. The van der Waals surface area contributed by atoms with Gasteiger partial charge in [0.05, 0.1) is 16.6 Å². The summed E-state index contributed by atoms with van der Waals surface area (Å²) in [6, 6.07) is 22.4. The highest BCUT2D eigenvalue weighted by Crippen LogP contribution is 2.26. The molecule has 154 valence electrons. The monoisotopic (exact) mass is 419 g/mol. The Kier molecular flexibility index (Phi) is 4.73. The van der Waals surface area contributed by atoms with E-state index in [1.165, 1.54) is 10.5 Å². The summed E-state index contributed by atoms with van der Waals surface area (Å²) < 4.78 is 7.44. The van der Waals surface area contributed by atoms with Crippen molar-refractivity contribution in [1.29, 1.82) is 5.26 Å². The summed E-state index contributed by atoms with van der Waals surface area (Å²) in [4.78, 5) is 25.6. The number of nitrogens with one attached hydrogen (secondary N) is 1. The van der Waals surface area contributed by atoms with Crippen LogP contribution < -0.4 is 10.3 Å². The topological polar surface area (TPSA) is 96.1 Å². The Morgan fingerprint density at radius 1 is 1.06 bits per heavy atom. The highest BCUT2D eigenvalue weighted by Gasteiger charge is 2.17. The van der Waals surface area contributed by atoms with Gasteiger partial charge >= 0.3 is 0 Å². The quantitative estimate of drug-likeness (QED) is 0.425. The van der Waals surface area contributed by atoms with Crippen molar-refractivity contribution in [1.82, 2.24) is 19.4 Å². The van der Waals surface area contributed by atoms with Crippen molar-refractivity contribution in [2.45, 2.75) is 6.92 Å². The number of rotatable bonds is 4. The fourth-order valence-corrected chi connectivity index (χ4v) is 3.47. The van der Waals surface area contributed by atoms with Crippen LogP contribution in [-0.2, 0) is 0 Å². The lowest BCUT2D eigenvalue weighted by atomic mass is 10.1. The molecule has 0 fully saturated rings. The van der Waals surface area contributed by atoms with Gasteiger partial charge in [-0.1, -0.05) is 36.4 Å². The van der Waals surface area contributed by atoms with Gasteiger partial charge in [0, 0.05) is 6.20 Å². The molecule has 2 aromatic carbocycles. The first kappa shape index (κ1) is 19.3. The average molecular weight is 419 g/mol. The Bertz CT molecular complexity index is 1560. The molecule has 0 saturated carbocycles. The van der Waals surface area contributed by atoms with E-state index in [9.17, 15) is 10.1 Å². The number of nitriles is 1. The largest absolute Gasteiger partial charge is 0.438 e. The molecule has 0 spiro atoms. The molecule has 1 N–H and O–H groups in total. The average Bonchev–Trinajstić information content (AvgIpc) is 3.24. The van der Waals surface area contributed by atoms with Crippen LogP contribution in [0.5, 0.6) is 11.6 Å². The van der Waals surface area contributed by atoms with E-state index in [2.05, 4.69) is 21.0 Å². The molecule has 0 bridgehead atoms. The third-order valence-corrected chi connectivity index (χ3v) is 5.06. The van der Waals surface area contributed by atoms with Gasteiger partial charge in [0.15, 0.2) is 0 Å². The summed E-state index contributed by atoms with van der Waals surface area (Å²) in [6.07, 6.45) is 3.12. The number of pyridine rings is 1. The molecule has 0 atom stereocenters. The SMILES string of the molecule is Cc1cccn2c(=O)c(/C=C(\C#N)c3nc4ccccc4[nH]3)c(Oc3ccccc3)nc12. The second-order valence-electron chi connectivity index (χ2n) is 7.21. The van der Waals surface area contributed by atoms with Crippen molar-refractivity contribution >= 4 is 28.3 Å². The number of H-pyrrole nitrogens is 1. The smallest absolute Gasteiger partial charge is 0.269 e. The van der Waals surface area contributed by atoms with Crippen molar-refractivity contribution in [2.24, 2.45) is 0 Å². The van der Waals surface area contributed by atoms with Gasteiger partial charge in [-0.2, -0.15) is 10.2 Å². The van der Waals surface area contributed by atoms with Gasteiger partial charge in [0.2, 0.25) is 5.88 Å². The Labute approximate surface area is 182 Å². The van der Waals surface area contributed by atoms with Crippen LogP contribution in [0.2, 0.25) is 0 Å². The molecule has 7 nitrogen and oxygen atoms in total. The Hall–Kier alpha value is -4.70. The highest BCUT2D eigenvalue weighted by atomic mass is 16.5. The summed E-state index contributed by atoms with van der Waals surface area (Å²) in [5, 5.41) is 9.85. The predicted molar refractivity (Wildman–Crippen MR) is 122 cm³/mol. The fraction of sp³-hybridized carbons (Fsp3) is 0.0400. The van der Waals surface area contributed by atoms with Gasteiger partial charge in [0.25, 0.3) is 5.56 Å². The number of fused-ring (bicyclic) bond motifs is 2. The first-order chi connectivity index (χ1) is 15.6. The maximum Gasteiger partial charge on any atom is 0.269 e. The zero-order valence-corrected chi connectivity index (χ0v) is 17.1. The van der Waals surface area contributed by atoms with Gasteiger partial charge in [-0.25, -0.2) is 4.98 Å². The normalized spacial score (nSPS) is 11.6. The first-order valence-corrected chi connectivity index (χ1v) is 9.96. The molecule has 0 radical (unpaired) electrons. The molecule has 3 aromatic heterocycles. The first-order valence-electron chi connectivity index (χ1n) is 9.96. The molecular formula is C25H17N5O2. The lowest BCUT2D eigenvalue weighted by Gasteiger charge is -2.11. The number of aromatic nitrogens is 4. The van der Waals surface area contributed by atoms with E-state index >= 15 is 0 Å². The molecule has 0 aliphatic rings. The van der Waals surface area contributed by atoms with Crippen LogP contribution >= 0.6 is 0 Å². The van der Waals surface area contributed by atoms with E-state index < -0.39 is 0 Å². The lowest BCUT2D eigenvalue weighted by Crippen LogP contribution is -2.19. The number of imidazole rings is 1. The van der Waals surface area contributed by atoms with E-state index in [1.54, 1.807) is 24.4 Å². The zero-order valence-electron chi connectivity index (χ0n) is 17.1. The molecule has 5 rings (SSSR count). The number of hydrogen-bond donors (Lipinski definition) is 1. The van der Waals surface area contributed by atoms with Crippen LogP contribution in [0.1, 0.15) is 17.0 Å². The molecule has 7 heteroatoms. The van der Waals surface area contributed by atoms with Crippen LogP contribution in [0.15, 0.2) is 77.7 Å². The van der Waals surface area contributed by atoms with Gasteiger partial charge in [0.1, 0.15) is 28.9 Å². The van der Waals surface area contributed by atoms with Gasteiger partial charge < -0.3 is 9.72 Å². The third kappa shape index (κ3) is 3.40. The summed E-state index contributed by atoms with van der Waals surface area (Å²) in [5.74, 6) is 1.03. The van der Waals surface area contributed by atoms with Crippen LogP contribution in [0.25, 0.3) is 28.3 Å². The minimum atomic E-state index is -0.339.